The highest BCUT2D eigenvalue weighted by atomic mass is 35.5. The second-order valence-corrected chi connectivity index (χ2v) is 10.0. The number of ether oxygens (including phenoxy) is 1. The number of nitrogens with zero attached hydrogens (tertiary/aromatic N) is 1. The van der Waals surface area contributed by atoms with E-state index >= 15 is 0 Å². The van der Waals surface area contributed by atoms with E-state index in [1.54, 1.807) is 23.1 Å². The Morgan fingerprint density at radius 2 is 1.93 bits per heavy atom. The van der Waals surface area contributed by atoms with Crippen molar-refractivity contribution in [2.24, 2.45) is 0 Å². The monoisotopic (exact) mass is 447 g/mol. The molecule has 1 saturated heterocycles. The van der Waals surface area contributed by atoms with Crippen molar-refractivity contribution in [1.29, 1.82) is 0 Å². The van der Waals surface area contributed by atoms with E-state index in [4.69, 9.17) is 16.3 Å². The largest absolute Gasteiger partial charge is 0.444 e. The molecule has 0 aliphatic carbocycles. The van der Waals surface area contributed by atoms with Crippen molar-refractivity contribution in [3.05, 3.63) is 24.3 Å². The standard InChI is InChI=1S/C19H30ClN3O5S/c1-19(2,3)28-18(25)23-10-8-14(9-11-23)22-29(26,27)17-7-5-4-6-16(17)21-13-15(24)12-20/h4-7,14-15,21-22,24H,8-13H2,1-3H3. The van der Waals surface area contributed by atoms with Crippen LogP contribution >= 0.6 is 11.6 Å². The van der Waals surface area contributed by atoms with Gasteiger partial charge in [0.1, 0.15) is 10.5 Å². The predicted octanol–water partition coefficient (Wildman–Crippen LogP) is 2.38. The number of sulfonamides is 1. The smallest absolute Gasteiger partial charge is 0.410 e. The van der Waals surface area contributed by atoms with Crippen molar-refractivity contribution in [2.45, 2.75) is 56.3 Å². The molecule has 0 radical (unpaired) electrons. The molecular weight excluding hydrogens is 418 g/mol. The van der Waals surface area contributed by atoms with Crippen LogP contribution in [0.3, 0.4) is 0 Å². The zero-order chi connectivity index (χ0) is 21.7. The molecule has 1 amide bonds. The van der Waals surface area contributed by atoms with Crippen molar-refractivity contribution in [2.75, 3.05) is 30.8 Å². The minimum atomic E-state index is -3.77. The van der Waals surface area contributed by atoms with Gasteiger partial charge in [0.25, 0.3) is 0 Å². The van der Waals surface area contributed by atoms with Gasteiger partial charge in [-0.05, 0) is 45.7 Å². The zero-order valence-corrected chi connectivity index (χ0v) is 18.6. The second-order valence-electron chi connectivity index (χ2n) is 8.05. The molecule has 10 heteroatoms. The molecule has 2 rings (SSSR count). The average molecular weight is 448 g/mol. The van der Waals surface area contributed by atoms with Crippen LogP contribution in [0.4, 0.5) is 10.5 Å². The Hall–Kier alpha value is -1.55. The number of halogens is 1. The number of hydrogen-bond donors (Lipinski definition) is 3. The van der Waals surface area contributed by atoms with Crippen LogP contribution in [0, 0.1) is 0 Å². The van der Waals surface area contributed by atoms with Crippen LogP contribution in [-0.4, -0.2) is 67.8 Å². The summed E-state index contributed by atoms with van der Waals surface area (Å²) >= 11 is 5.59. The lowest BCUT2D eigenvalue weighted by Crippen LogP contribution is -2.47. The maximum absolute atomic E-state index is 12.9. The fourth-order valence-corrected chi connectivity index (χ4v) is 4.52. The number of aliphatic hydroxyl groups is 1. The number of hydrogen-bond acceptors (Lipinski definition) is 6. The van der Waals surface area contributed by atoms with E-state index in [1.165, 1.54) is 6.07 Å². The Morgan fingerprint density at radius 3 is 2.52 bits per heavy atom. The Kier molecular flexibility index (Phi) is 8.16. The van der Waals surface area contributed by atoms with E-state index < -0.39 is 21.7 Å². The van der Waals surface area contributed by atoms with E-state index in [0.717, 1.165) is 0 Å². The fraction of sp³-hybridized carbons (Fsp3) is 0.632. The van der Waals surface area contributed by atoms with Crippen LogP contribution in [0.2, 0.25) is 0 Å². The molecule has 0 saturated carbocycles. The maximum atomic E-state index is 12.9. The van der Waals surface area contributed by atoms with Crippen molar-refractivity contribution in [3.8, 4) is 0 Å². The highest BCUT2D eigenvalue weighted by Crippen LogP contribution is 2.23. The van der Waals surface area contributed by atoms with Crippen LogP contribution < -0.4 is 10.0 Å². The highest BCUT2D eigenvalue weighted by Gasteiger charge is 2.30. The molecule has 1 aromatic carbocycles. The molecule has 0 bridgehead atoms. The SMILES string of the molecule is CC(C)(C)OC(=O)N1CCC(NS(=O)(=O)c2ccccc2NCC(O)CCl)CC1. The Labute approximate surface area is 177 Å². The summed E-state index contributed by atoms with van der Waals surface area (Å²) in [6, 6.07) is 6.23. The summed E-state index contributed by atoms with van der Waals surface area (Å²) in [6.45, 7) is 6.41. The van der Waals surface area contributed by atoms with Crippen LogP contribution in [0.1, 0.15) is 33.6 Å². The third kappa shape index (κ3) is 7.33. The summed E-state index contributed by atoms with van der Waals surface area (Å²) in [5.74, 6) is 0.0520. The quantitative estimate of drug-likeness (QED) is 0.554. The predicted molar refractivity (Wildman–Crippen MR) is 113 cm³/mol. The van der Waals surface area contributed by atoms with Gasteiger partial charge in [-0.2, -0.15) is 0 Å². The molecule has 1 aromatic rings. The van der Waals surface area contributed by atoms with Crippen LogP contribution in [-0.2, 0) is 14.8 Å². The van der Waals surface area contributed by atoms with E-state index in [2.05, 4.69) is 10.0 Å². The highest BCUT2D eigenvalue weighted by molar-refractivity contribution is 7.89. The van der Waals surface area contributed by atoms with E-state index in [0.29, 0.717) is 31.6 Å². The van der Waals surface area contributed by atoms with Crippen molar-refractivity contribution in [3.63, 3.8) is 0 Å². The first kappa shape index (κ1) is 23.7. The van der Waals surface area contributed by atoms with E-state index in [9.17, 15) is 18.3 Å². The summed E-state index contributed by atoms with van der Waals surface area (Å²) in [5, 5.41) is 12.5. The van der Waals surface area contributed by atoms with Gasteiger partial charge in [-0.15, -0.1) is 11.6 Å². The summed E-state index contributed by atoms with van der Waals surface area (Å²) in [4.78, 5) is 13.9. The second kappa shape index (κ2) is 9.97. The van der Waals surface area contributed by atoms with Gasteiger partial charge in [-0.1, -0.05) is 12.1 Å². The van der Waals surface area contributed by atoms with Gasteiger partial charge in [0.2, 0.25) is 10.0 Å². The number of amides is 1. The van der Waals surface area contributed by atoms with Gasteiger partial charge in [-0.25, -0.2) is 17.9 Å². The molecule has 1 aliphatic heterocycles. The molecule has 0 aromatic heterocycles. The first-order valence-corrected chi connectivity index (χ1v) is 11.6. The van der Waals surface area contributed by atoms with Gasteiger partial charge >= 0.3 is 6.09 Å². The van der Waals surface area contributed by atoms with Gasteiger partial charge in [0.15, 0.2) is 0 Å². The number of alkyl halides is 1. The number of rotatable bonds is 7. The molecule has 3 N–H and O–H groups in total. The number of likely N-dealkylation sites (tertiary alicyclic amines) is 1. The Bertz CT molecular complexity index is 789. The third-order valence-electron chi connectivity index (χ3n) is 4.35. The van der Waals surface area contributed by atoms with Gasteiger partial charge in [0, 0.05) is 25.7 Å². The maximum Gasteiger partial charge on any atom is 0.410 e. The molecule has 8 nitrogen and oxygen atoms in total. The minimum absolute atomic E-state index is 0.0520. The molecule has 29 heavy (non-hydrogen) atoms. The molecule has 1 heterocycles. The normalized spacial score (nSPS) is 17.1. The summed E-state index contributed by atoms with van der Waals surface area (Å²) in [6.07, 6.45) is -0.165. The molecule has 1 unspecified atom stereocenters. The molecule has 164 valence electrons. The van der Waals surface area contributed by atoms with E-state index in [-0.39, 0.29) is 29.5 Å². The topological polar surface area (TPSA) is 108 Å². The van der Waals surface area contributed by atoms with Gasteiger partial charge in [0.05, 0.1) is 17.7 Å². The lowest BCUT2D eigenvalue weighted by Gasteiger charge is -2.33. The molecule has 1 aliphatic rings. The van der Waals surface area contributed by atoms with Crippen LogP contribution in [0.15, 0.2) is 29.2 Å². The number of para-hydroxylation sites is 1. The number of anilines is 1. The number of aliphatic hydroxyl groups excluding tert-OH is 1. The van der Waals surface area contributed by atoms with Gasteiger partial charge in [-0.3, -0.25) is 0 Å². The van der Waals surface area contributed by atoms with E-state index in [1.807, 2.05) is 20.8 Å². The Morgan fingerprint density at radius 1 is 1.31 bits per heavy atom. The number of carbonyl (C=O) groups is 1. The third-order valence-corrected chi connectivity index (χ3v) is 6.29. The first-order chi connectivity index (χ1) is 13.5. The number of nitrogens with one attached hydrogen (secondary N) is 2. The average Bonchev–Trinajstić information content (AvgIpc) is 2.65. The van der Waals surface area contributed by atoms with Gasteiger partial charge < -0.3 is 20.1 Å². The van der Waals surface area contributed by atoms with Crippen molar-refractivity contribution in [1.82, 2.24) is 9.62 Å². The minimum Gasteiger partial charge on any atom is -0.444 e. The molecule has 0 spiro atoms. The zero-order valence-electron chi connectivity index (χ0n) is 17.0. The number of piperidine rings is 1. The fourth-order valence-electron chi connectivity index (χ4n) is 2.92. The van der Waals surface area contributed by atoms with Crippen molar-refractivity contribution < 1.29 is 23.1 Å². The molecule has 1 atom stereocenters. The van der Waals surface area contributed by atoms with Crippen molar-refractivity contribution >= 4 is 33.4 Å². The summed E-state index contributed by atoms with van der Waals surface area (Å²) in [5.41, 5.74) is -0.168. The summed E-state index contributed by atoms with van der Waals surface area (Å²) in [7, 11) is -3.77. The van der Waals surface area contributed by atoms with Crippen LogP contribution in [0.5, 0.6) is 0 Å². The molecular formula is C19H30ClN3O5S. The lowest BCUT2D eigenvalue weighted by molar-refractivity contribution is 0.0203. The number of benzene rings is 1. The Balaban J connectivity index is 1.98. The first-order valence-electron chi connectivity index (χ1n) is 9.59. The number of carbonyl (C=O) groups excluding carboxylic acids is 1. The summed E-state index contributed by atoms with van der Waals surface area (Å²) < 4.78 is 33.9. The molecule has 1 fully saturated rings. The lowest BCUT2D eigenvalue weighted by atomic mass is 10.1. The van der Waals surface area contributed by atoms with Crippen LogP contribution in [0.25, 0.3) is 0 Å².